The van der Waals surface area contributed by atoms with Gasteiger partial charge in [-0.05, 0) is 42.1 Å². The number of nitrogens with two attached hydrogens (primary N) is 1. The molecule has 114 valence electrons. The Bertz CT molecular complexity index is 594. The molecule has 0 amide bonds. The van der Waals surface area contributed by atoms with Gasteiger partial charge >= 0.3 is 5.97 Å². The number of carbonyl (C=O) groups is 1. The summed E-state index contributed by atoms with van der Waals surface area (Å²) in [6.07, 6.45) is 5.17. The third kappa shape index (κ3) is 2.06. The lowest BCUT2D eigenvalue weighted by atomic mass is 9.68. The first-order valence-corrected chi connectivity index (χ1v) is 7.49. The van der Waals surface area contributed by atoms with Crippen molar-refractivity contribution in [3.63, 3.8) is 0 Å². The second-order valence-corrected chi connectivity index (χ2v) is 7.45. The summed E-state index contributed by atoms with van der Waals surface area (Å²) in [5.74, 6) is 0.317. The second kappa shape index (κ2) is 4.36. The predicted molar refractivity (Wildman–Crippen MR) is 82.2 cm³/mol. The zero-order valence-corrected chi connectivity index (χ0v) is 12.8. The van der Waals surface area contributed by atoms with E-state index in [1.165, 1.54) is 25.5 Å². The molecule has 2 aliphatic carbocycles. The standard InChI is InChI=1S/C16H23N3O2/c1-15(2)9-4-5-16(3,7-9)14(15)19-12-6-10(13(20)21)11(17)8-18-12/h6,8-9,14H,4-5,7,17H2,1-3H3,(H,18,19)(H,20,21). The summed E-state index contributed by atoms with van der Waals surface area (Å²) in [4.78, 5) is 15.5. The highest BCUT2D eigenvalue weighted by Crippen LogP contribution is 2.63. The van der Waals surface area contributed by atoms with Gasteiger partial charge in [-0.25, -0.2) is 9.78 Å². The van der Waals surface area contributed by atoms with Crippen molar-refractivity contribution >= 4 is 17.5 Å². The van der Waals surface area contributed by atoms with E-state index in [1.807, 2.05) is 0 Å². The van der Waals surface area contributed by atoms with E-state index in [1.54, 1.807) is 6.07 Å². The van der Waals surface area contributed by atoms with E-state index in [0.29, 0.717) is 11.9 Å². The molecule has 2 aliphatic rings. The van der Waals surface area contributed by atoms with Gasteiger partial charge in [0.2, 0.25) is 0 Å². The van der Waals surface area contributed by atoms with Gasteiger partial charge in [-0.3, -0.25) is 0 Å². The lowest BCUT2D eigenvalue weighted by Gasteiger charge is -2.43. The van der Waals surface area contributed by atoms with Crippen LogP contribution in [-0.4, -0.2) is 22.1 Å². The molecule has 2 fully saturated rings. The highest BCUT2D eigenvalue weighted by atomic mass is 16.4. The predicted octanol–water partition coefficient (Wildman–Crippen LogP) is 2.99. The molecule has 3 unspecified atom stereocenters. The molecule has 3 atom stereocenters. The number of carboxylic acid groups (broad SMARTS) is 1. The minimum Gasteiger partial charge on any atom is -0.478 e. The molecule has 21 heavy (non-hydrogen) atoms. The molecule has 5 heteroatoms. The average molecular weight is 289 g/mol. The molecule has 1 aromatic rings. The topological polar surface area (TPSA) is 88.2 Å². The molecular formula is C16H23N3O2. The number of aromatic carboxylic acids is 1. The Morgan fingerprint density at radius 1 is 1.48 bits per heavy atom. The zero-order chi connectivity index (χ0) is 15.4. The first-order valence-electron chi connectivity index (χ1n) is 7.49. The molecule has 1 aromatic heterocycles. The van der Waals surface area contributed by atoms with Gasteiger partial charge in [0.05, 0.1) is 17.4 Å². The SMILES string of the molecule is CC12CCC(C1)C(C)(C)C2Nc1cc(C(=O)O)c(N)cn1. The van der Waals surface area contributed by atoms with Gasteiger partial charge in [-0.15, -0.1) is 0 Å². The number of nitrogen functional groups attached to an aromatic ring is 1. The minimum absolute atomic E-state index is 0.110. The lowest BCUT2D eigenvalue weighted by Crippen LogP contribution is -2.46. The number of hydrogen-bond donors (Lipinski definition) is 3. The van der Waals surface area contributed by atoms with Crippen LogP contribution in [0.2, 0.25) is 0 Å². The van der Waals surface area contributed by atoms with Gasteiger partial charge in [-0.1, -0.05) is 20.8 Å². The highest BCUT2D eigenvalue weighted by molar-refractivity contribution is 5.94. The van der Waals surface area contributed by atoms with Crippen molar-refractivity contribution in [2.75, 3.05) is 11.1 Å². The molecule has 0 aliphatic heterocycles. The highest BCUT2D eigenvalue weighted by Gasteiger charge is 2.59. The minimum atomic E-state index is -1.02. The van der Waals surface area contributed by atoms with Crippen molar-refractivity contribution in [3.8, 4) is 0 Å². The summed E-state index contributed by atoms with van der Waals surface area (Å²) in [5.41, 5.74) is 6.44. The Balaban J connectivity index is 1.90. The van der Waals surface area contributed by atoms with Crippen molar-refractivity contribution < 1.29 is 9.90 Å². The maximum atomic E-state index is 11.2. The fourth-order valence-corrected chi connectivity index (χ4v) is 4.54. The van der Waals surface area contributed by atoms with Crippen molar-refractivity contribution in [3.05, 3.63) is 17.8 Å². The van der Waals surface area contributed by atoms with Crippen LogP contribution in [0.25, 0.3) is 0 Å². The van der Waals surface area contributed by atoms with Gasteiger partial charge in [-0.2, -0.15) is 0 Å². The molecule has 0 radical (unpaired) electrons. The van der Waals surface area contributed by atoms with Gasteiger partial charge in [0.25, 0.3) is 0 Å². The largest absolute Gasteiger partial charge is 0.478 e. The third-order valence-corrected chi connectivity index (χ3v) is 5.73. The third-order valence-electron chi connectivity index (χ3n) is 5.73. The number of aromatic nitrogens is 1. The molecule has 3 rings (SSSR count). The summed E-state index contributed by atoms with van der Waals surface area (Å²) in [7, 11) is 0. The number of rotatable bonds is 3. The number of carboxylic acids is 1. The van der Waals surface area contributed by atoms with Crippen molar-refractivity contribution in [1.29, 1.82) is 0 Å². The first-order chi connectivity index (χ1) is 9.74. The molecule has 2 saturated carbocycles. The van der Waals surface area contributed by atoms with Crippen LogP contribution in [0.4, 0.5) is 11.5 Å². The van der Waals surface area contributed by atoms with Gasteiger partial charge in [0.1, 0.15) is 5.82 Å². The fraction of sp³-hybridized carbons (Fsp3) is 0.625. The summed E-state index contributed by atoms with van der Waals surface area (Å²) in [5, 5.41) is 12.7. The van der Waals surface area contributed by atoms with Crippen LogP contribution in [0, 0.1) is 16.7 Å². The molecular weight excluding hydrogens is 266 g/mol. The smallest absolute Gasteiger partial charge is 0.337 e. The summed E-state index contributed by atoms with van der Waals surface area (Å²) < 4.78 is 0. The maximum absolute atomic E-state index is 11.2. The van der Waals surface area contributed by atoms with Crippen molar-refractivity contribution in [2.24, 2.45) is 16.7 Å². The number of pyridine rings is 1. The average Bonchev–Trinajstić information content (AvgIpc) is 2.87. The Kier molecular flexibility index (Phi) is 2.94. The first kappa shape index (κ1) is 14.2. The van der Waals surface area contributed by atoms with E-state index in [4.69, 9.17) is 5.73 Å². The lowest BCUT2D eigenvalue weighted by molar-refractivity contribution is 0.0698. The van der Waals surface area contributed by atoms with E-state index in [9.17, 15) is 9.90 Å². The van der Waals surface area contributed by atoms with Gasteiger partial charge in [0, 0.05) is 6.04 Å². The molecule has 0 spiro atoms. The van der Waals surface area contributed by atoms with Crippen LogP contribution in [0.15, 0.2) is 12.3 Å². The van der Waals surface area contributed by atoms with Crippen LogP contribution < -0.4 is 11.1 Å². The molecule has 4 N–H and O–H groups in total. The maximum Gasteiger partial charge on any atom is 0.337 e. The summed E-state index contributed by atoms with van der Waals surface area (Å²) in [6.45, 7) is 6.93. The van der Waals surface area contributed by atoms with E-state index in [-0.39, 0.29) is 22.1 Å². The van der Waals surface area contributed by atoms with E-state index >= 15 is 0 Å². The Morgan fingerprint density at radius 3 is 2.76 bits per heavy atom. The number of nitrogens with zero attached hydrogens (tertiary/aromatic N) is 1. The number of anilines is 2. The van der Waals surface area contributed by atoms with Crippen LogP contribution in [0.3, 0.4) is 0 Å². The van der Waals surface area contributed by atoms with E-state index < -0.39 is 5.97 Å². The van der Waals surface area contributed by atoms with E-state index in [2.05, 4.69) is 31.1 Å². The Morgan fingerprint density at radius 2 is 2.19 bits per heavy atom. The number of fused-ring (bicyclic) bond motifs is 2. The van der Waals surface area contributed by atoms with Gasteiger partial charge in [0.15, 0.2) is 0 Å². The van der Waals surface area contributed by atoms with Crippen LogP contribution in [0.1, 0.15) is 50.4 Å². The zero-order valence-electron chi connectivity index (χ0n) is 12.8. The molecule has 0 saturated heterocycles. The summed E-state index contributed by atoms with van der Waals surface area (Å²) >= 11 is 0. The quantitative estimate of drug-likeness (QED) is 0.796. The normalized spacial score (nSPS) is 33.1. The molecule has 2 bridgehead atoms. The Hall–Kier alpha value is -1.78. The van der Waals surface area contributed by atoms with Crippen LogP contribution >= 0.6 is 0 Å². The number of hydrogen-bond acceptors (Lipinski definition) is 4. The molecule has 1 heterocycles. The van der Waals surface area contributed by atoms with E-state index in [0.717, 1.165) is 5.92 Å². The second-order valence-electron chi connectivity index (χ2n) is 7.45. The van der Waals surface area contributed by atoms with Crippen molar-refractivity contribution in [2.45, 2.75) is 46.1 Å². The summed E-state index contributed by atoms with van der Waals surface area (Å²) in [6, 6.07) is 1.85. The van der Waals surface area contributed by atoms with Crippen LogP contribution in [-0.2, 0) is 0 Å². The number of nitrogens with one attached hydrogen (secondary N) is 1. The van der Waals surface area contributed by atoms with Crippen LogP contribution in [0.5, 0.6) is 0 Å². The molecule has 0 aromatic carbocycles. The molecule has 5 nitrogen and oxygen atoms in total. The van der Waals surface area contributed by atoms with Crippen molar-refractivity contribution in [1.82, 2.24) is 4.98 Å². The Labute approximate surface area is 124 Å². The monoisotopic (exact) mass is 289 g/mol. The fourth-order valence-electron chi connectivity index (χ4n) is 4.54. The van der Waals surface area contributed by atoms with Gasteiger partial charge < -0.3 is 16.2 Å².